The maximum Gasteiger partial charge on any atom is 0.249 e. The first-order valence-electron chi connectivity index (χ1n) is 5.49. The minimum atomic E-state index is -0.0418. The van der Waals surface area contributed by atoms with Gasteiger partial charge in [0.15, 0.2) is 0 Å². The van der Waals surface area contributed by atoms with Gasteiger partial charge < -0.3 is 5.32 Å². The standard InChI is InChI=1S/C10H15N5O/c16-9(2-1-8-3-4-11-7-8)14-10-12-5-6-13-15-10/h5-6,8,11H,1-4,7H2,(H,12,14,15,16). The van der Waals surface area contributed by atoms with Crippen LogP contribution in [0.4, 0.5) is 5.95 Å². The molecule has 0 radical (unpaired) electrons. The fourth-order valence-electron chi connectivity index (χ4n) is 1.79. The maximum absolute atomic E-state index is 11.5. The van der Waals surface area contributed by atoms with Crippen LogP contribution < -0.4 is 10.6 Å². The van der Waals surface area contributed by atoms with Crippen LogP contribution in [-0.4, -0.2) is 34.2 Å². The molecule has 86 valence electrons. The summed E-state index contributed by atoms with van der Waals surface area (Å²) in [6.07, 6.45) is 5.57. The predicted octanol–water partition coefficient (Wildman–Crippen LogP) is 0.200. The second-order valence-corrected chi connectivity index (χ2v) is 3.91. The van der Waals surface area contributed by atoms with E-state index in [1.807, 2.05) is 0 Å². The van der Waals surface area contributed by atoms with Crippen molar-refractivity contribution in [2.24, 2.45) is 5.92 Å². The van der Waals surface area contributed by atoms with Crippen molar-refractivity contribution in [3.63, 3.8) is 0 Å². The van der Waals surface area contributed by atoms with Gasteiger partial charge in [0.2, 0.25) is 11.9 Å². The Morgan fingerprint density at radius 2 is 2.50 bits per heavy atom. The highest BCUT2D eigenvalue weighted by Crippen LogP contribution is 2.14. The van der Waals surface area contributed by atoms with E-state index in [0.29, 0.717) is 12.3 Å². The van der Waals surface area contributed by atoms with E-state index < -0.39 is 0 Å². The molecule has 0 aliphatic carbocycles. The topological polar surface area (TPSA) is 79.8 Å². The quantitative estimate of drug-likeness (QED) is 0.759. The summed E-state index contributed by atoms with van der Waals surface area (Å²) in [5, 5.41) is 13.2. The Hall–Kier alpha value is -1.56. The van der Waals surface area contributed by atoms with Crippen molar-refractivity contribution in [1.29, 1.82) is 0 Å². The predicted molar refractivity (Wildman–Crippen MR) is 58.7 cm³/mol. The lowest BCUT2D eigenvalue weighted by molar-refractivity contribution is -0.116. The van der Waals surface area contributed by atoms with Crippen molar-refractivity contribution in [2.75, 3.05) is 18.4 Å². The Morgan fingerprint density at radius 1 is 1.56 bits per heavy atom. The molecule has 0 saturated carbocycles. The number of carbonyl (C=O) groups is 1. The molecule has 6 heteroatoms. The molecule has 1 unspecified atom stereocenters. The fraction of sp³-hybridized carbons (Fsp3) is 0.600. The van der Waals surface area contributed by atoms with Crippen LogP contribution in [0.25, 0.3) is 0 Å². The SMILES string of the molecule is O=C(CCC1CCNC1)Nc1nccnn1. The van der Waals surface area contributed by atoms with E-state index in [1.165, 1.54) is 12.4 Å². The number of amides is 1. The van der Waals surface area contributed by atoms with Crippen LogP contribution >= 0.6 is 0 Å². The second-order valence-electron chi connectivity index (χ2n) is 3.91. The molecule has 1 atom stereocenters. The first-order valence-corrected chi connectivity index (χ1v) is 5.49. The van der Waals surface area contributed by atoms with Crippen LogP contribution in [0.15, 0.2) is 12.4 Å². The lowest BCUT2D eigenvalue weighted by Gasteiger charge is -2.07. The summed E-state index contributed by atoms with van der Waals surface area (Å²) in [4.78, 5) is 15.4. The molecule has 1 aromatic heterocycles. The number of hydrogen-bond donors (Lipinski definition) is 2. The Labute approximate surface area is 93.9 Å². The summed E-state index contributed by atoms with van der Waals surface area (Å²) in [7, 11) is 0. The van der Waals surface area contributed by atoms with E-state index in [9.17, 15) is 4.79 Å². The molecule has 0 spiro atoms. The van der Waals surface area contributed by atoms with Gasteiger partial charge in [-0.25, -0.2) is 4.98 Å². The minimum Gasteiger partial charge on any atom is -0.316 e. The number of nitrogens with one attached hydrogen (secondary N) is 2. The van der Waals surface area contributed by atoms with Gasteiger partial charge in [0, 0.05) is 6.42 Å². The fourth-order valence-corrected chi connectivity index (χ4v) is 1.79. The first kappa shape index (κ1) is 10.9. The molecule has 1 aromatic rings. The Balaban J connectivity index is 1.72. The van der Waals surface area contributed by atoms with Gasteiger partial charge >= 0.3 is 0 Å². The molecule has 2 heterocycles. The van der Waals surface area contributed by atoms with Crippen LogP contribution in [0.1, 0.15) is 19.3 Å². The first-order chi connectivity index (χ1) is 7.84. The largest absolute Gasteiger partial charge is 0.316 e. The molecule has 0 aromatic carbocycles. The number of rotatable bonds is 4. The van der Waals surface area contributed by atoms with Gasteiger partial charge in [-0.2, -0.15) is 5.10 Å². The number of anilines is 1. The van der Waals surface area contributed by atoms with Gasteiger partial charge in [0.1, 0.15) is 0 Å². The summed E-state index contributed by atoms with van der Waals surface area (Å²) in [5.41, 5.74) is 0. The Bertz CT molecular complexity index is 336. The van der Waals surface area contributed by atoms with Crippen LogP contribution in [0.3, 0.4) is 0 Å². The average molecular weight is 221 g/mol. The summed E-state index contributed by atoms with van der Waals surface area (Å²) in [6, 6.07) is 0. The highest BCUT2D eigenvalue weighted by atomic mass is 16.1. The zero-order valence-electron chi connectivity index (χ0n) is 9.02. The van der Waals surface area contributed by atoms with Crippen molar-refractivity contribution in [2.45, 2.75) is 19.3 Å². The van der Waals surface area contributed by atoms with Gasteiger partial charge in [0.05, 0.1) is 12.4 Å². The summed E-state index contributed by atoms with van der Waals surface area (Å²) in [6.45, 7) is 2.09. The second kappa shape index (κ2) is 5.50. The molecule has 1 amide bonds. The van der Waals surface area contributed by atoms with Crippen LogP contribution in [0, 0.1) is 5.92 Å². The zero-order chi connectivity index (χ0) is 11.2. The normalized spacial score (nSPS) is 19.6. The number of carbonyl (C=O) groups excluding carboxylic acids is 1. The molecule has 16 heavy (non-hydrogen) atoms. The highest BCUT2D eigenvalue weighted by Gasteiger charge is 2.15. The van der Waals surface area contributed by atoms with Crippen molar-refractivity contribution in [3.8, 4) is 0 Å². The molecule has 0 bridgehead atoms. The van der Waals surface area contributed by atoms with Gasteiger partial charge in [-0.05, 0) is 31.8 Å². The summed E-state index contributed by atoms with van der Waals surface area (Å²) < 4.78 is 0. The van der Waals surface area contributed by atoms with Gasteiger partial charge in [-0.15, -0.1) is 5.10 Å². The Morgan fingerprint density at radius 3 is 3.19 bits per heavy atom. The van der Waals surface area contributed by atoms with E-state index in [1.54, 1.807) is 0 Å². The lowest BCUT2D eigenvalue weighted by atomic mass is 10.0. The minimum absolute atomic E-state index is 0.0418. The van der Waals surface area contributed by atoms with Gasteiger partial charge in [-0.3, -0.25) is 10.1 Å². The summed E-state index contributed by atoms with van der Waals surface area (Å²) >= 11 is 0. The third kappa shape index (κ3) is 3.23. The van der Waals surface area contributed by atoms with E-state index in [0.717, 1.165) is 25.9 Å². The van der Waals surface area contributed by atoms with Crippen molar-refractivity contribution >= 4 is 11.9 Å². The number of aromatic nitrogens is 3. The van der Waals surface area contributed by atoms with Crippen LogP contribution in [0.5, 0.6) is 0 Å². The highest BCUT2D eigenvalue weighted by molar-refractivity contribution is 5.88. The van der Waals surface area contributed by atoms with Crippen molar-refractivity contribution in [1.82, 2.24) is 20.5 Å². The smallest absolute Gasteiger partial charge is 0.249 e. The molecule has 1 aliphatic rings. The lowest BCUT2D eigenvalue weighted by Crippen LogP contribution is -2.16. The molecule has 2 rings (SSSR count). The number of nitrogens with zero attached hydrogens (tertiary/aromatic N) is 3. The van der Waals surface area contributed by atoms with E-state index >= 15 is 0 Å². The molecule has 1 fully saturated rings. The van der Waals surface area contributed by atoms with Gasteiger partial charge in [0.25, 0.3) is 0 Å². The average Bonchev–Trinajstić information content (AvgIpc) is 2.81. The monoisotopic (exact) mass is 221 g/mol. The van der Waals surface area contributed by atoms with Crippen LogP contribution in [0.2, 0.25) is 0 Å². The van der Waals surface area contributed by atoms with Crippen molar-refractivity contribution < 1.29 is 4.79 Å². The number of hydrogen-bond acceptors (Lipinski definition) is 5. The van der Waals surface area contributed by atoms with Crippen LogP contribution in [-0.2, 0) is 4.79 Å². The summed E-state index contributed by atoms with van der Waals surface area (Å²) in [5.74, 6) is 0.859. The van der Waals surface area contributed by atoms with E-state index in [-0.39, 0.29) is 11.9 Å². The molecular formula is C10H15N5O. The van der Waals surface area contributed by atoms with E-state index in [4.69, 9.17) is 0 Å². The third-order valence-electron chi connectivity index (χ3n) is 2.68. The van der Waals surface area contributed by atoms with Gasteiger partial charge in [-0.1, -0.05) is 0 Å². The molecule has 2 N–H and O–H groups in total. The van der Waals surface area contributed by atoms with E-state index in [2.05, 4.69) is 25.8 Å². The zero-order valence-corrected chi connectivity index (χ0v) is 9.02. The molecule has 1 saturated heterocycles. The maximum atomic E-state index is 11.5. The molecule has 1 aliphatic heterocycles. The third-order valence-corrected chi connectivity index (χ3v) is 2.68. The Kier molecular flexibility index (Phi) is 3.76. The molecular weight excluding hydrogens is 206 g/mol. The molecule has 6 nitrogen and oxygen atoms in total. The van der Waals surface area contributed by atoms with Crippen molar-refractivity contribution in [3.05, 3.63) is 12.4 Å².